The summed E-state index contributed by atoms with van der Waals surface area (Å²) in [6.07, 6.45) is 7.52. The lowest BCUT2D eigenvalue weighted by Crippen LogP contribution is -2.42. The number of hydrogen-bond donors (Lipinski definition) is 2. The molecule has 1 fully saturated rings. The Morgan fingerprint density at radius 1 is 1.30 bits per heavy atom. The van der Waals surface area contributed by atoms with Gasteiger partial charge in [0.05, 0.1) is 5.56 Å². The minimum atomic E-state index is -0.118. The van der Waals surface area contributed by atoms with E-state index in [0.29, 0.717) is 22.5 Å². The molecule has 2 aromatic heterocycles. The SMILES string of the molecule is CN(C)C1CCC(NC(=O)c2cn(C)c(=O)c3[nH]ccc23)CC1. The first-order valence-corrected chi connectivity index (χ1v) is 8.11. The van der Waals surface area contributed by atoms with E-state index in [1.807, 2.05) is 0 Å². The van der Waals surface area contributed by atoms with E-state index in [4.69, 9.17) is 0 Å². The van der Waals surface area contributed by atoms with Crippen molar-refractivity contribution in [3.8, 4) is 0 Å². The van der Waals surface area contributed by atoms with E-state index >= 15 is 0 Å². The molecule has 0 bridgehead atoms. The standard InChI is InChI=1S/C17H24N4O2/c1-20(2)12-6-4-11(5-7-12)19-16(22)14-10-21(3)17(23)15-13(14)8-9-18-15/h8-12,18H,4-7H2,1-3H3,(H,19,22). The molecule has 0 saturated heterocycles. The molecule has 2 heterocycles. The predicted octanol–water partition coefficient (Wildman–Crippen LogP) is 1.47. The quantitative estimate of drug-likeness (QED) is 0.901. The van der Waals surface area contributed by atoms with E-state index < -0.39 is 0 Å². The number of amides is 1. The van der Waals surface area contributed by atoms with Crippen LogP contribution in [0.3, 0.4) is 0 Å². The minimum Gasteiger partial charge on any atom is -0.357 e. The van der Waals surface area contributed by atoms with Crippen molar-refractivity contribution >= 4 is 16.8 Å². The minimum absolute atomic E-state index is 0.0986. The van der Waals surface area contributed by atoms with Crippen molar-refractivity contribution in [3.05, 3.63) is 34.4 Å². The zero-order valence-corrected chi connectivity index (χ0v) is 13.9. The van der Waals surface area contributed by atoms with E-state index in [1.165, 1.54) is 4.57 Å². The van der Waals surface area contributed by atoms with Gasteiger partial charge < -0.3 is 19.8 Å². The highest BCUT2D eigenvalue weighted by molar-refractivity contribution is 6.06. The summed E-state index contributed by atoms with van der Waals surface area (Å²) in [4.78, 5) is 29.9. The molecular formula is C17H24N4O2. The lowest BCUT2D eigenvalue weighted by molar-refractivity contribution is 0.0917. The zero-order valence-electron chi connectivity index (χ0n) is 13.9. The number of carbonyl (C=O) groups excluding carboxylic acids is 1. The van der Waals surface area contributed by atoms with Crippen LogP contribution in [0.5, 0.6) is 0 Å². The van der Waals surface area contributed by atoms with Crippen LogP contribution in [0.1, 0.15) is 36.0 Å². The van der Waals surface area contributed by atoms with Gasteiger partial charge in [0.15, 0.2) is 0 Å². The lowest BCUT2D eigenvalue weighted by Gasteiger charge is -2.33. The van der Waals surface area contributed by atoms with Crippen LogP contribution >= 0.6 is 0 Å². The molecule has 3 rings (SSSR count). The maximum absolute atomic E-state index is 12.7. The van der Waals surface area contributed by atoms with Crippen molar-refractivity contribution in [2.24, 2.45) is 7.05 Å². The second-order valence-electron chi connectivity index (χ2n) is 6.67. The summed E-state index contributed by atoms with van der Waals surface area (Å²) in [7, 11) is 5.88. The third-order valence-electron chi connectivity index (χ3n) is 4.90. The molecule has 23 heavy (non-hydrogen) atoms. The van der Waals surface area contributed by atoms with Crippen LogP contribution in [0, 0.1) is 0 Å². The Balaban J connectivity index is 1.76. The molecule has 0 aromatic carbocycles. The Hall–Kier alpha value is -2.08. The Labute approximate surface area is 135 Å². The highest BCUT2D eigenvalue weighted by Gasteiger charge is 2.24. The number of nitrogens with zero attached hydrogens (tertiary/aromatic N) is 2. The van der Waals surface area contributed by atoms with Gasteiger partial charge in [-0.05, 0) is 45.8 Å². The number of carbonyl (C=O) groups is 1. The highest BCUT2D eigenvalue weighted by atomic mass is 16.2. The smallest absolute Gasteiger partial charge is 0.274 e. The summed E-state index contributed by atoms with van der Waals surface area (Å²) in [5, 5.41) is 3.82. The molecule has 1 saturated carbocycles. The summed E-state index contributed by atoms with van der Waals surface area (Å²) < 4.78 is 1.46. The van der Waals surface area contributed by atoms with Crippen molar-refractivity contribution in [1.29, 1.82) is 0 Å². The van der Waals surface area contributed by atoms with Crippen molar-refractivity contribution in [2.75, 3.05) is 14.1 Å². The molecule has 1 aliphatic carbocycles. The predicted molar refractivity (Wildman–Crippen MR) is 90.7 cm³/mol. The molecule has 1 aliphatic rings. The van der Waals surface area contributed by atoms with Crippen LogP contribution in [0.15, 0.2) is 23.3 Å². The van der Waals surface area contributed by atoms with Crippen molar-refractivity contribution in [2.45, 2.75) is 37.8 Å². The monoisotopic (exact) mass is 316 g/mol. The van der Waals surface area contributed by atoms with Crippen molar-refractivity contribution in [3.63, 3.8) is 0 Å². The van der Waals surface area contributed by atoms with Crippen LogP contribution in [0.4, 0.5) is 0 Å². The Kier molecular flexibility index (Phi) is 4.26. The van der Waals surface area contributed by atoms with E-state index in [0.717, 1.165) is 25.7 Å². The largest absolute Gasteiger partial charge is 0.357 e. The Morgan fingerprint density at radius 3 is 2.65 bits per heavy atom. The average molecular weight is 316 g/mol. The van der Waals surface area contributed by atoms with Gasteiger partial charge in [0.25, 0.3) is 11.5 Å². The second-order valence-corrected chi connectivity index (χ2v) is 6.67. The number of aryl methyl sites for hydroxylation is 1. The van der Waals surface area contributed by atoms with Gasteiger partial charge in [-0.2, -0.15) is 0 Å². The number of rotatable bonds is 3. The van der Waals surface area contributed by atoms with Gasteiger partial charge in [0.1, 0.15) is 5.52 Å². The molecule has 6 heteroatoms. The number of aromatic nitrogens is 2. The number of fused-ring (bicyclic) bond motifs is 1. The number of hydrogen-bond acceptors (Lipinski definition) is 3. The first-order chi connectivity index (χ1) is 11.0. The molecule has 6 nitrogen and oxygen atoms in total. The third-order valence-corrected chi connectivity index (χ3v) is 4.90. The summed E-state index contributed by atoms with van der Waals surface area (Å²) in [5.41, 5.74) is 0.919. The van der Waals surface area contributed by atoms with Gasteiger partial charge in [0, 0.05) is 36.9 Å². The molecule has 0 unspecified atom stereocenters. The normalized spacial score (nSPS) is 21.7. The second kappa shape index (κ2) is 6.20. The molecular weight excluding hydrogens is 292 g/mol. The maximum Gasteiger partial charge on any atom is 0.274 e. The number of pyridine rings is 1. The molecule has 2 N–H and O–H groups in total. The summed E-state index contributed by atoms with van der Waals surface area (Å²) in [5.74, 6) is -0.0986. The molecule has 124 valence electrons. The third kappa shape index (κ3) is 3.03. The Morgan fingerprint density at radius 2 is 2.00 bits per heavy atom. The van der Waals surface area contributed by atoms with Gasteiger partial charge in [0.2, 0.25) is 0 Å². The fourth-order valence-electron chi connectivity index (χ4n) is 3.45. The zero-order chi connectivity index (χ0) is 16.6. The van der Waals surface area contributed by atoms with Crippen LogP contribution < -0.4 is 10.9 Å². The van der Waals surface area contributed by atoms with Gasteiger partial charge >= 0.3 is 0 Å². The molecule has 0 aliphatic heterocycles. The topological polar surface area (TPSA) is 70.1 Å². The fourth-order valence-corrected chi connectivity index (χ4v) is 3.45. The van der Waals surface area contributed by atoms with Crippen LogP contribution in [0.2, 0.25) is 0 Å². The van der Waals surface area contributed by atoms with Gasteiger partial charge in [-0.3, -0.25) is 9.59 Å². The van der Waals surface area contributed by atoms with Crippen molar-refractivity contribution < 1.29 is 4.79 Å². The highest BCUT2D eigenvalue weighted by Crippen LogP contribution is 2.22. The summed E-state index contributed by atoms with van der Waals surface area (Å²) >= 11 is 0. The summed E-state index contributed by atoms with van der Waals surface area (Å²) in [6, 6.07) is 2.61. The van der Waals surface area contributed by atoms with E-state index in [1.54, 1.807) is 25.5 Å². The van der Waals surface area contributed by atoms with Gasteiger partial charge in [-0.15, -0.1) is 0 Å². The fraction of sp³-hybridized carbons (Fsp3) is 0.529. The number of H-pyrrole nitrogens is 1. The summed E-state index contributed by atoms with van der Waals surface area (Å²) in [6.45, 7) is 0. The number of nitrogens with one attached hydrogen (secondary N) is 2. The Bertz CT molecular complexity index is 766. The van der Waals surface area contributed by atoms with Crippen LogP contribution in [-0.4, -0.2) is 46.5 Å². The lowest BCUT2D eigenvalue weighted by atomic mass is 9.90. The van der Waals surface area contributed by atoms with Crippen LogP contribution in [0.25, 0.3) is 10.9 Å². The van der Waals surface area contributed by atoms with E-state index in [9.17, 15) is 9.59 Å². The molecule has 0 spiro atoms. The number of aromatic amines is 1. The van der Waals surface area contributed by atoms with Gasteiger partial charge in [-0.1, -0.05) is 0 Å². The van der Waals surface area contributed by atoms with Crippen molar-refractivity contribution in [1.82, 2.24) is 19.8 Å². The molecule has 1 amide bonds. The van der Waals surface area contributed by atoms with E-state index in [-0.39, 0.29) is 17.5 Å². The van der Waals surface area contributed by atoms with Gasteiger partial charge in [-0.25, -0.2) is 0 Å². The van der Waals surface area contributed by atoms with Crippen LogP contribution in [-0.2, 0) is 7.05 Å². The average Bonchev–Trinajstić information content (AvgIpc) is 3.01. The molecule has 0 radical (unpaired) electrons. The maximum atomic E-state index is 12.7. The van der Waals surface area contributed by atoms with E-state index in [2.05, 4.69) is 29.3 Å². The first kappa shape index (κ1) is 15.8. The molecule has 0 atom stereocenters. The first-order valence-electron chi connectivity index (χ1n) is 8.11. The molecule has 2 aromatic rings.